The first-order valence-corrected chi connectivity index (χ1v) is 10.0. The van der Waals surface area contributed by atoms with Crippen LogP contribution in [0.25, 0.3) is 22.5 Å². The van der Waals surface area contributed by atoms with Crippen LogP contribution in [0.5, 0.6) is 0 Å². The van der Waals surface area contributed by atoms with Gasteiger partial charge in [-0.05, 0) is 37.1 Å². The molecule has 3 aliphatic heterocycles. The third-order valence-electron chi connectivity index (χ3n) is 5.40. The summed E-state index contributed by atoms with van der Waals surface area (Å²) in [6.07, 6.45) is 1.67. The molecule has 5 rings (SSSR count). The quantitative estimate of drug-likeness (QED) is 0.555. The van der Waals surface area contributed by atoms with Crippen LogP contribution in [0.15, 0.2) is 64.5 Å². The van der Waals surface area contributed by atoms with Crippen LogP contribution in [-0.2, 0) is 6.54 Å². The molecule has 0 saturated heterocycles. The summed E-state index contributed by atoms with van der Waals surface area (Å²) >= 11 is 0. The molecule has 0 unspecified atom stereocenters. The van der Waals surface area contributed by atoms with Crippen molar-refractivity contribution in [2.24, 2.45) is 4.99 Å². The van der Waals surface area contributed by atoms with E-state index in [0.717, 1.165) is 47.0 Å². The van der Waals surface area contributed by atoms with E-state index < -0.39 is 0 Å². The van der Waals surface area contributed by atoms with E-state index in [9.17, 15) is 4.79 Å². The average Bonchev–Trinajstić information content (AvgIpc) is 3.24. The van der Waals surface area contributed by atoms with Crippen molar-refractivity contribution in [1.29, 1.82) is 0 Å². The molecule has 7 nitrogen and oxygen atoms in total. The van der Waals surface area contributed by atoms with E-state index in [-0.39, 0.29) is 11.6 Å². The number of rotatable bonds is 3. The number of pyridine rings is 2. The lowest BCUT2D eigenvalue weighted by Crippen LogP contribution is -2.21. The van der Waals surface area contributed by atoms with Crippen molar-refractivity contribution < 1.29 is 0 Å². The first kappa shape index (κ1) is 18.3. The molecule has 7 heteroatoms. The van der Waals surface area contributed by atoms with Gasteiger partial charge < -0.3 is 14.9 Å². The molecule has 1 aromatic heterocycles. The Morgan fingerprint density at radius 1 is 1.10 bits per heavy atom. The predicted octanol–water partition coefficient (Wildman–Crippen LogP) is 3.13. The van der Waals surface area contributed by atoms with Gasteiger partial charge in [0.05, 0.1) is 11.6 Å². The van der Waals surface area contributed by atoms with Crippen molar-refractivity contribution >= 4 is 5.82 Å². The van der Waals surface area contributed by atoms with Crippen LogP contribution in [0.1, 0.15) is 24.4 Å². The zero-order valence-corrected chi connectivity index (χ0v) is 16.9. The smallest absolute Gasteiger partial charge is 0.248 e. The summed E-state index contributed by atoms with van der Waals surface area (Å²) < 4.78 is 2.16. The summed E-state index contributed by atoms with van der Waals surface area (Å²) in [5, 5.41) is 3.44. The molecular formula is C23H22N6O. The van der Waals surface area contributed by atoms with Crippen LogP contribution in [0.2, 0.25) is 0 Å². The largest absolute Gasteiger partial charge is 0.369 e. The minimum Gasteiger partial charge on any atom is -0.369 e. The first-order valence-electron chi connectivity index (χ1n) is 10.0. The van der Waals surface area contributed by atoms with E-state index in [1.54, 1.807) is 12.3 Å². The van der Waals surface area contributed by atoms with Crippen molar-refractivity contribution in [1.82, 2.24) is 19.5 Å². The molecule has 1 atom stereocenters. The third-order valence-corrected chi connectivity index (χ3v) is 5.40. The number of H-pyrrole nitrogens is 1. The van der Waals surface area contributed by atoms with Crippen molar-refractivity contribution in [2.75, 3.05) is 11.9 Å². The van der Waals surface area contributed by atoms with Gasteiger partial charge in [-0.3, -0.25) is 9.79 Å². The molecule has 4 heterocycles. The second kappa shape index (κ2) is 7.26. The van der Waals surface area contributed by atoms with Gasteiger partial charge in [-0.2, -0.15) is 0 Å². The summed E-state index contributed by atoms with van der Waals surface area (Å²) in [7, 11) is 0. The van der Waals surface area contributed by atoms with Gasteiger partial charge >= 0.3 is 0 Å². The van der Waals surface area contributed by atoms with E-state index in [2.05, 4.69) is 38.9 Å². The van der Waals surface area contributed by atoms with E-state index >= 15 is 0 Å². The maximum Gasteiger partial charge on any atom is 0.248 e. The van der Waals surface area contributed by atoms with E-state index in [4.69, 9.17) is 9.98 Å². The van der Waals surface area contributed by atoms with Gasteiger partial charge in [0.15, 0.2) is 5.49 Å². The average molecular weight is 398 g/mol. The molecule has 1 aromatic carbocycles. The third kappa shape index (κ3) is 3.18. The van der Waals surface area contributed by atoms with Crippen LogP contribution < -0.4 is 16.4 Å². The van der Waals surface area contributed by atoms with Gasteiger partial charge in [0, 0.05) is 30.9 Å². The second-order valence-electron chi connectivity index (χ2n) is 7.47. The molecule has 0 aliphatic carbocycles. The molecule has 30 heavy (non-hydrogen) atoms. The summed E-state index contributed by atoms with van der Waals surface area (Å²) in [5.41, 5.74) is 4.34. The zero-order chi connectivity index (χ0) is 20.7. The highest BCUT2D eigenvalue weighted by atomic mass is 16.1. The highest BCUT2D eigenvalue weighted by molar-refractivity contribution is 5.82. The number of aromatic nitrogens is 4. The number of benzene rings is 1. The SMILES string of the molecule is Cc1nc2n3c(c(-c4cc[nH]c(=O)c4)cc-2c(=N[C@H](C)c2ccccc2)n1)NCC3. The molecule has 150 valence electrons. The Bertz CT molecular complexity index is 1320. The Morgan fingerprint density at radius 2 is 1.93 bits per heavy atom. The Kier molecular flexibility index (Phi) is 4.43. The fraction of sp³-hybridized carbons (Fsp3) is 0.217. The Labute approximate surface area is 173 Å². The highest BCUT2D eigenvalue weighted by Crippen LogP contribution is 2.35. The molecule has 0 fully saturated rings. The number of hydrogen-bond acceptors (Lipinski definition) is 5. The summed E-state index contributed by atoms with van der Waals surface area (Å²) in [6, 6.07) is 15.7. The van der Waals surface area contributed by atoms with Crippen LogP contribution in [0.4, 0.5) is 5.82 Å². The maximum atomic E-state index is 11.9. The molecule has 0 radical (unpaired) electrons. The summed E-state index contributed by atoms with van der Waals surface area (Å²) in [4.78, 5) is 28.9. The molecule has 2 N–H and O–H groups in total. The number of fused-ring (bicyclic) bond motifs is 3. The molecule has 0 bridgehead atoms. The molecule has 0 spiro atoms. The number of nitrogens with one attached hydrogen (secondary N) is 2. The van der Waals surface area contributed by atoms with Gasteiger partial charge in [-0.15, -0.1) is 0 Å². The van der Waals surface area contributed by atoms with E-state index in [0.29, 0.717) is 11.3 Å². The lowest BCUT2D eigenvalue weighted by Gasteiger charge is -2.18. The minimum absolute atomic E-state index is 0.0388. The number of anilines is 1. The van der Waals surface area contributed by atoms with E-state index in [1.807, 2.05) is 37.3 Å². The molecular weight excluding hydrogens is 376 g/mol. The van der Waals surface area contributed by atoms with Crippen molar-refractivity contribution in [2.45, 2.75) is 26.4 Å². The van der Waals surface area contributed by atoms with Gasteiger partial charge in [0.1, 0.15) is 17.5 Å². The number of hydrogen-bond donors (Lipinski definition) is 2. The van der Waals surface area contributed by atoms with Gasteiger partial charge in [0.25, 0.3) is 0 Å². The van der Waals surface area contributed by atoms with Crippen molar-refractivity contribution in [3.63, 3.8) is 0 Å². The lowest BCUT2D eigenvalue weighted by atomic mass is 10.0. The Balaban J connectivity index is 1.78. The molecule has 0 amide bonds. The van der Waals surface area contributed by atoms with Crippen molar-refractivity contribution in [3.05, 3.63) is 82.0 Å². The van der Waals surface area contributed by atoms with Gasteiger partial charge in [0.2, 0.25) is 5.56 Å². The monoisotopic (exact) mass is 398 g/mol. The molecule has 0 saturated carbocycles. The predicted molar refractivity (Wildman–Crippen MR) is 116 cm³/mol. The first-order chi connectivity index (χ1) is 14.6. The van der Waals surface area contributed by atoms with E-state index in [1.165, 1.54) is 0 Å². The lowest BCUT2D eigenvalue weighted by molar-refractivity contribution is 0.749. The number of aryl methyl sites for hydroxylation is 1. The normalized spacial score (nSPS) is 14.5. The van der Waals surface area contributed by atoms with Crippen LogP contribution >= 0.6 is 0 Å². The fourth-order valence-electron chi connectivity index (χ4n) is 3.97. The summed E-state index contributed by atoms with van der Waals surface area (Å²) in [6.45, 7) is 5.57. The number of aromatic amines is 1. The van der Waals surface area contributed by atoms with Gasteiger partial charge in [-0.25, -0.2) is 9.97 Å². The topological polar surface area (TPSA) is 88.0 Å². The maximum absolute atomic E-state index is 11.9. The van der Waals surface area contributed by atoms with Gasteiger partial charge in [-0.1, -0.05) is 30.3 Å². The summed E-state index contributed by atoms with van der Waals surface area (Å²) in [5.74, 6) is 2.51. The fourth-order valence-corrected chi connectivity index (χ4v) is 3.97. The standard InChI is InChI=1S/C23H22N6O/c1-14(16-6-4-3-5-7-16)26-21-19-13-18(17-8-9-24-20(30)12-17)22-25-10-11-29(22)23(19)28-15(2)27-21/h3-9,12-14,25H,10-11H2,1-2H3,(H,24,30)/t14-/m1/s1. The number of nitrogens with zero attached hydrogens (tertiary/aromatic N) is 4. The molecule has 3 aliphatic rings. The minimum atomic E-state index is -0.132. The zero-order valence-electron chi connectivity index (χ0n) is 16.9. The van der Waals surface area contributed by atoms with Crippen LogP contribution in [0.3, 0.4) is 0 Å². The Hall–Kier alpha value is -3.74. The second-order valence-corrected chi connectivity index (χ2v) is 7.47. The molecule has 2 aromatic rings. The van der Waals surface area contributed by atoms with Crippen molar-refractivity contribution in [3.8, 4) is 22.5 Å². The highest BCUT2D eigenvalue weighted by Gasteiger charge is 2.24. The van der Waals surface area contributed by atoms with Crippen LogP contribution in [0, 0.1) is 6.92 Å². The Morgan fingerprint density at radius 3 is 2.73 bits per heavy atom. The van der Waals surface area contributed by atoms with Crippen LogP contribution in [-0.4, -0.2) is 26.1 Å².